The van der Waals surface area contributed by atoms with Crippen molar-refractivity contribution in [1.29, 1.82) is 0 Å². The number of benzene rings is 1. The lowest BCUT2D eigenvalue weighted by atomic mass is 9.81. The molecule has 174 valence electrons. The van der Waals surface area contributed by atoms with E-state index in [9.17, 15) is 23.1 Å². The molecule has 4 rings (SSSR count). The number of halogens is 1. The van der Waals surface area contributed by atoms with Crippen molar-refractivity contribution in [1.82, 2.24) is 4.98 Å². The Bertz CT molecular complexity index is 1370. The number of nitrogens with zero attached hydrogens (tertiary/aromatic N) is 1. The molecule has 3 atom stereocenters. The second kappa shape index (κ2) is 9.04. The van der Waals surface area contributed by atoms with Crippen LogP contribution in [0.5, 0.6) is 0 Å². The van der Waals surface area contributed by atoms with Crippen LogP contribution in [0.1, 0.15) is 53.0 Å². The number of carboxylic acid groups (broad SMARTS) is 1. The van der Waals surface area contributed by atoms with Gasteiger partial charge in [0.05, 0.1) is 20.5 Å². The van der Waals surface area contributed by atoms with Crippen LogP contribution in [-0.4, -0.2) is 48.8 Å². The molecule has 0 bridgehead atoms. The minimum absolute atomic E-state index is 0.0100. The lowest BCUT2D eigenvalue weighted by Crippen LogP contribution is -2.22. The third kappa shape index (κ3) is 4.13. The molecule has 0 radical (unpaired) electrons. The van der Waals surface area contributed by atoms with Crippen LogP contribution in [-0.2, 0) is 14.6 Å². The molecule has 0 fully saturated rings. The first kappa shape index (κ1) is 23.7. The molecule has 3 unspecified atom stereocenters. The molecule has 2 aromatic heterocycles. The molecule has 1 aliphatic heterocycles. The Kier molecular flexibility index (Phi) is 6.48. The summed E-state index contributed by atoms with van der Waals surface area (Å²) in [6.45, 7) is 3.75. The minimum atomic E-state index is -3.56. The van der Waals surface area contributed by atoms with Gasteiger partial charge in [-0.1, -0.05) is 43.6 Å². The van der Waals surface area contributed by atoms with Gasteiger partial charge in [-0.3, -0.25) is 14.6 Å². The minimum Gasteiger partial charge on any atom is -0.480 e. The summed E-state index contributed by atoms with van der Waals surface area (Å²) in [5.41, 5.74) is 2.05. The number of fused-ring (bicyclic) bond motifs is 3. The molecule has 0 saturated heterocycles. The molecular formula is C23H23ClN2O5S2. The van der Waals surface area contributed by atoms with Crippen LogP contribution in [0.4, 0.5) is 0 Å². The summed E-state index contributed by atoms with van der Waals surface area (Å²) in [4.78, 5) is 33.2. The zero-order chi connectivity index (χ0) is 23.9. The van der Waals surface area contributed by atoms with Crippen molar-refractivity contribution >= 4 is 61.6 Å². The second-order valence-electron chi connectivity index (χ2n) is 8.15. The molecule has 33 heavy (non-hydrogen) atoms. The van der Waals surface area contributed by atoms with Crippen LogP contribution >= 0.6 is 22.9 Å². The van der Waals surface area contributed by atoms with E-state index in [1.165, 1.54) is 11.6 Å². The fourth-order valence-electron chi connectivity index (χ4n) is 4.34. The van der Waals surface area contributed by atoms with Crippen molar-refractivity contribution < 1.29 is 23.1 Å². The van der Waals surface area contributed by atoms with Crippen LogP contribution in [0, 0.1) is 5.92 Å². The Morgan fingerprint density at radius 1 is 1.33 bits per heavy atom. The second-order valence-corrected chi connectivity index (χ2v) is 11.5. The van der Waals surface area contributed by atoms with Crippen molar-refractivity contribution in [2.24, 2.45) is 10.9 Å². The van der Waals surface area contributed by atoms with Crippen molar-refractivity contribution in [2.45, 2.75) is 37.0 Å². The Morgan fingerprint density at radius 3 is 2.76 bits per heavy atom. The van der Waals surface area contributed by atoms with E-state index in [1.807, 2.05) is 24.3 Å². The van der Waals surface area contributed by atoms with Gasteiger partial charge >= 0.3 is 5.97 Å². The molecule has 3 aromatic rings. The zero-order valence-corrected chi connectivity index (χ0v) is 20.4. The lowest BCUT2D eigenvalue weighted by molar-refractivity contribution is -0.137. The van der Waals surface area contributed by atoms with Crippen molar-refractivity contribution in [3.63, 3.8) is 0 Å². The fourth-order valence-corrected chi connectivity index (χ4v) is 7.83. The number of rotatable bonds is 7. The molecule has 10 heteroatoms. The van der Waals surface area contributed by atoms with Crippen molar-refractivity contribution in [3.8, 4) is 0 Å². The number of sulfone groups is 1. The van der Waals surface area contributed by atoms with Crippen LogP contribution in [0.2, 0.25) is 5.02 Å². The number of aromatic nitrogens is 1. The van der Waals surface area contributed by atoms with Crippen LogP contribution in [0.3, 0.4) is 0 Å². The molecule has 0 amide bonds. The number of ketones is 1. The summed E-state index contributed by atoms with van der Waals surface area (Å²) in [5, 5.41) is 12.0. The number of aliphatic imine (C=N–C) groups is 1. The van der Waals surface area contributed by atoms with Crippen LogP contribution in [0.15, 0.2) is 39.5 Å². The lowest BCUT2D eigenvalue weighted by Gasteiger charge is -2.22. The number of H-pyrrole nitrogens is 1. The third-order valence-electron chi connectivity index (χ3n) is 6.03. The monoisotopic (exact) mass is 506 g/mol. The highest BCUT2D eigenvalue weighted by molar-refractivity contribution is 7.91. The van der Waals surface area contributed by atoms with Gasteiger partial charge in [0, 0.05) is 46.6 Å². The van der Waals surface area contributed by atoms with Gasteiger partial charge in [-0.25, -0.2) is 8.42 Å². The zero-order valence-electron chi connectivity index (χ0n) is 18.0. The normalized spacial score (nSPS) is 19.2. The fraction of sp³-hybridized carbons (Fsp3) is 0.348. The number of thiophene rings is 1. The highest BCUT2D eigenvalue weighted by atomic mass is 35.5. The van der Waals surface area contributed by atoms with E-state index in [1.54, 1.807) is 13.8 Å². The maximum atomic E-state index is 13.5. The van der Waals surface area contributed by atoms with Crippen molar-refractivity contribution in [2.75, 3.05) is 12.3 Å². The van der Waals surface area contributed by atoms with E-state index in [-0.39, 0.29) is 32.9 Å². The summed E-state index contributed by atoms with van der Waals surface area (Å²) >= 11 is 7.42. The molecule has 0 spiro atoms. The summed E-state index contributed by atoms with van der Waals surface area (Å²) in [5.74, 6) is -3.31. The first-order valence-electron chi connectivity index (χ1n) is 10.5. The van der Waals surface area contributed by atoms with Gasteiger partial charge in [-0.2, -0.15) is 0 Å². The van der Waals surface area contributed by atoms with E-state index in [2.05, 4.69) is 9.98 Å². The van der Waals surface area contributed by atoms with Crippen molar-refractivity contribution in [3.05, 3.63) is 50.8 Å². The number of Topliss-reactive ketones (excluding diaryl/α,β-unsaturated/α-hetero) is 1. The van der Waals surface area contributed by atoms with Gasteiger partial charge < -0.3 is 10.1 Å². The predicted octanol–water partition coefficient (Wildman–Crippen LogP) is 4.92. The Labute approximate surface area is 200 Å². The number of nitrogens with one attached hydrogen (secondary N) is 1. The van der Waals surface area contributed by atoms with E-state index in [0.717, 1.165) is 27.8 Å². The molecule has 2 N–H and O–H groups in total. The summed E-state index contributed by atoms with van der Waals surface area (Å²) in [6, 6.07) is 7.48. The quantitative estimate of drug-likeness (QED) is 0.441. The first-order valence-corrected chi connectivity index (χ1v) is 13.5. The smallest absolute Gasteiger partial charge is 0.318 e. The summed E-state index contributed by atoms with van der Waals surface area (Å²) < 4.78 is 25.0. The van der Waals surface area contributed by atoms with Gasteiger partial charge in [0.1, 0.15) is 5.92 Å². The summed E-state index contributed by atoms with van der Waals surface area (Å²) in [6.07, 6.45) is 1.85. The Morgan fingerprint density at radius 2 is 2.06 bits per heavy atom. The Hall–Kier alpha value is -2.49. The van der Waals surface area contributed by atoms with E-state index >= 15 is 0 Å². The number of carboxylic acids is 1. The summed E-state index contributed by atoms with van der Waals surface area (Å²) in [7, 11) is -3.56. The molecule has 0 aliphatic carbocycles. The molecule has 0 saturated carbocycles. The Balaban J connectivity index is 1.78. The van der Waals surface area contributed by atoms with Gasteiger partial charge in [0.15, 0.2) is 15.6 Å². The topological polar surface area (TPSA) is 117 Å². The highest BCUT2D eigenvalue weighted by Crippen LogP contribution is 2.42. The number of carbonyl (C=O) groups excluding carboxylic acids is 1. The average molecular weight is 507 g/mol. The number of hydrogen-bond donors (Lipinski definition) is 2. The van der Waals surface area contributed by atoms with Crippen LogP contribution in [0.25, 0.3) is 10.9 Å². The van der Waals surface area contributed by atoms with Gasteiger partial charge in [0.25, 0.3) is 0 Å². The molecule has 3 heterocycles. The molecule has 7 nitrogen and oxygen atoms in total. The number of carbonyl (C=O) groups is 2. The number of aliphatic carboxylic acids is 1. The molecular weight excluding hydrogens is 484 g/mol. The van der Waals surface area contributed by atoms with E-state index in [4.69, 9.17) is 11.6 Å². The molecule has 1 aliphatic rings. The van der Waals surface area contributed by atoms with E-state index < -0.39 is 33.6 Å². The molecule has 1 aromatic carbocycles. The maximum absolute atomic E-state index is 13.5. The standard InChI is InChI=1S/C23H23ClN2O5S2/c1-3-8-33(30,31)17-11-32-22(19(17)24)21(27)12(2)14-9-25-10-15(23(28)29)20-18(14)13-6-4-5-7-16(13)26-20/h4-7,10-12,14-15,26H,3,8-9H2,1-2H3,(H,28,29). The third-order valence-corrected chi connectivity index (χ3v) is 9.73. The largest absolute Gasteiger partial charge is 0.480 e. The van der Waals surface area contributed by atoms with Gasteiger partial charge in [-0.05, 0) is 18.1 Å². The highest BCUT2D eigenvalue weighted by Gasteiger charge is 2.37. The number of aromatic amines is 1. The SMILES string of the molecule is CCCS(=O)(=O)c1csc(C(=O)C(C)C2CN=CC(C(=O)O)c3[nH]c4ccccc4c32)c1Cl. The van der Waals surface area contributed by atoms with Gasteiger partial charge in [-0.15, -0.1) is 11.3 Å². The maximum Gasteiger partial charge on any atom is 0.318 e. The number of hydrogen-bond acceptors (Lipinski definition) is 6. The van der Waals surface area contributed by atoms with E-state index in [0.29, 0.717) is 12.1 Å². The van der Waals surface area contributed by atoms with Crippen LogP contribution < -0.4 is 0 Å². The number of para-hydroxylation sites is 1. The predicted molar refractivity (Wildman–Crippen MR) is 130 cm³/mol. The van der Waals surface area contributed by atoms with Gasteiger partial charge in [0.2, 0.25) is 0 Å². The first-order chi connectivity index (χ1) is 15.7. The average Bonchev–Trinajstić information content (AvgIpc) is 3.28.